The number of fused-ring (bicyclic) bond motifs is 1. The van der Waals surface area contributed by atoms with E-state index in [1.54, 1.807) is 29.6 Å². The number of hydrogen-bond acceptors (Lipinski definition) is 7. The van der Waals surface area contributed by atoms with E-state index in [1.807, 2.05) is 31.2 Å². The molecule has 0 unspecified atom stereocenters. The molecule has 150 valence electrons. The first-order valence-electron chi connectivity index (χ1n) is 9.99. The van der Waals surface area contributed by atoms with Crippen molar-refractivity contribution in [3.05, 3.63) is 54.7 Å². The number of pyridine rings is 1. The lowest BCUT2D eigenvalue weighted by molar-refractivity contribution is 0.0713. The maximum absolute atomic E-state index is 9.31. The molecule has 31 heavy (non-hydrogen) atoms. The summed E-state index contributed by atoms with van der Waals surface area (Å²) in [5, 5.41) is 28.7. The number of aryl methyl sites for hydroxylation is 1. The Morgan fingerprint density at radius 1 is 1.16 bits per heavy atom. The van der Waals surface area contributed by atoms with E-state index in [-0.39, 0.29) is 12.3 Å². The second kappa shape index (κ2) is 7.26. The second-order valence-electron chi connectivity index (χ2n) is 7.95. The van der Waals surface area contributed by atoms with Crippen LogP contribution in [0.4, 0.5) is 0 Å². The summed E-state index contributed by atoms with van der Waals surface area (Å²) < 4.78 is 0. The van der Waals surface area contributed by atoms with Gasteiger partial charge in [-0.3, -0.25) is 9.97 Å². The van der Waals surface area contributed by atoms with Gasteiger partial charge in [-0.15, -0.1) is 0 Å². The van der Waals surface area contributed by atoms with Crippen LogP contribution in [0, 0.1) is 35.5 Å². The minimum atomic E-state index is -0.513. The number of benzene rings is 1. The number of nitriles is 2. The highest BCUT2D eigenvalue weighted by atomic mass is 15.5. The van der Waals surface area contributed by atoms with E-state index in [4.69, 9.17) is 5.10 Å². The molecule has 0 N–H and O–H groups in total. The SMILES string of the molecule is Cc1cncc(-c2cc(-c3cnn([C@]4(CC#N)C[C@@H](C#N)C4)n3)c3cccnc3c2)n1. The van der Waals surface area contributed by atoms with E-state index in [0.717, 1.165) is 33.4 Å². The lowest BCUT2D eigenvalue weighted by atomic mass is 9.68. The molecule has 0 aliphatic heterocycles. The van der Waals surface area contributed by atoms with Crippen LogP contribution < -0.4 is 0 Å². The maximum atomic E-state index is 9.31. The first-order chi connectivity index (χ1) is 15.1. The topological polar surface area (TPSA) is 117 Å². The monoisotopic (exact) mass is 406 g/mol. The quantitative estimate of drug-likeness (QED) is 0.506. The summed E-state index contributed by atoms with van der Waals surface area (Å²) in [5.74, 6) is -0.0592. The van der Waals surface area contributed by atoms with Crippen molar-refractivity contribution in [2.75, 3.05) is 0 Å². The van der Waals surface area contributed by atoms with Crippen LogP contribution in [0.25, 0.3) is 33.4 Å². The molecule has 1 aliphatic rings. The van der Waals surface area contributed by atoms with Crippen molar-refractivity contribution in [2.45, 2.75) is 31.7 Å². The van der Waals surface area contributed by atoms with Crippen LogP contribution in [-0.4, -0.2) is 29.9 Å². The molecule has 0 saturated heterocycles. The molecule has 1 fully saturated rings. The fourth-order valence-electron chi connectivity index (χ4n) is 4.23. The first-order valence-corrected chi connectivity index (χ1v) is 9.99. The van der Waals surface area contributed by atoms with Crippen molar-refractivity contribution < 1.29 is 0 Å². The Kier molecular flexibility index (Phi) is 4.41. The van der Waals surface area contributed by atoms with Gasteiger partial charge in [-0.2, -0.15) is 25.5 Å². The summed E-state index contributed by atoms with van der Waals surface area (Å²) >= 11 is 0. The Balaban J connectivity index is 1.63. The van der Waals surface area contributed by atoms with Crippen molar-refractivity contribution in [1.82, 2.24) is 29.9 Å². The molecule has 0 atom stereocenters. The molecule has 1 aromatic carbocycles. The molecule has 0 spiro atoms. The largest absolute Gasteiger partial charge is 0.261 e. The van der Waals surface area contributed by atoms with Crippen LogP contribution in [0.3, 0.4) is 0 Å². The van der Waals surface area contributed by atoms with E-state index >= 15 is 0 Å². The highest BCUT2D eigenvalue weighted by molar-refractivity contribution is 5.96. The molecule has 0 amide bonds. The molecule has 1 aliphatic carbocycles. The van der Waals surface area contributed by atoms with Crippen LogP contribution in [0.1, 0.15) is 25.0 Å². The van der Waals surface area contributed by atoms with Gasteiger partial charge < -0.3 is 0 Å². The summed E-state index contributed by atoms with van der Waals surface area (Å²) in [6, 6.07) is 12.4. The summed E-state index contributed by atoms with van der Waals surface area (Å²) in [5.41, 5.74) is 4.39. The standard InChI is InChI=1S/C23H18N8/c1-15-12-26-13-21(29-15)17-7-19(18-3-2-6-27-20(18)8-17)22-14-28-31(30-22)23(4-5-24)9-16(10-23)11-25/h2-3,6-8,12-14,16H,4,9-10H2,1H3/t16-,23-. The molecular formula is C23H18N8. The average molecular weight is 406 g/mol. The van der Waals surface area contributed by atoms with Crippen LogP contribution in [0.5, 0.6) is 0 Å². The van der Waals surface area contributed by atoms with E-state index in [9.17, 15) is 10.5 Å². The predicted octanol–water partition coefficient (Wildman–Crippen LogP) is 3.80. The minimum absolute atomic E-state index is 0.0592. The third-order valence-electron chi connectivity index (χ3n) is 5.81. The van der Waals surface area contributed by atoms with E-state index in [0.29, 0.717) is 18.5 Å². The van der Waals surface area contributed by atoms with Crippen molar-refractivity contribution in [2.24, 2.45) is 5.92 Å². The fraction of sp³-hybridized carbons (Fsp3) is 0.261. The molecule has 8 heteroatoms. The van der Waals surface area contributed by atoms with Gasteiger partial charge in [0.1, 0.15) is 5.69 Å². The normalized spacial score (nSPS) is 20.0. The van der Waals surface area contributed by atoms with Gasteiger partial charge in [0.15, 0.2) is 0 Å². The lowest BCUT2D eigenvalue weighted by Crippen LogP contribution is -2.47. The van der Waals surface area contributed by atoms with Gasteiger partial charge >= 0.3 is 0 Å². The van der Waals surface area contributed by atoms with E-state index in [1.165, 1.54) is 0 Å². The van der Waals surface area contributed by atoms with Gasteiger partial charge in [0.25, 0.3) is 0 Å². The zero-order valence-corrected chi connectivity index (χ0v) is 16.9. The van der Waals surface area contributed by atoms with Crippen molar-refractivity contribution in [3.8, 4) is 34.7 Å². The Morgan fingerprint density at radius 3 is 2.81 bits per heavy atom. The number of hydrogen-bond donors (Lipinski definition) is 0. The molecule has 5 rings (SSSR count). The maximum Gasteiger partial charge on any atom is 0.113 e. The molecule has 1 saturated carbocycles. The zero-order valence-electron chi connectivity index (χ0n) is 16.9. The van der Waals surface area contributed by atoms with Gasteiger partial charge in [-0.25, -0.2) is 4.98 Å². The molecule has 3 heterocycles. The molecular weight excluding hydrogens is 388 g/mol. The van der Waals surface area contributed by atoms with Crippen molar-refractivity contribution >= 4 is 10.9 Å². The number of rotatable bonds is 4. The Morgan fingerprint density at radius 2 is 2.03 bits per heavy atom. The smallest absolute Gasteiger partial charge is 0.113 e. The van der Waals surface area contributed by atoms with Gasteiger partial charge in [-0.1, -0.05) is 6.07 Å². The van der Waals surface area contributed by atoms with E-state index < -0.39 is 5.54 Å². The highest BCUT2D eigenvalue weighted by Crippen LogP contribution is 2.45. The summed E-state index contributed by atoms with van der Waals surface area (Å²) in [6.45, 7) is 1.91. The second-order valence-corrected chi connectivity index (χ2v) is 7.95. The Bertz CT molecular complexity index is 1370. The summed E-state index contributed by atoms with van der Waals surface area (Å²) in [7, 11) is 0. The van der Waals surface area contributed by atoms with E-state index in [2.05, 4.69) is 32.2 Å². The molecule has 0 bridgehead atoms. The first kappa shape index (κ1) is 18.8. The highest BCUT2D eigenvalue weighted by Gasteiger charge is 2.48. The number of nitrogens with zero attached hydrogens (tertiary/aromatic N) is 8. The van der Waals surface area contributed by atoms with Gasteiger partial charge in [0.05, 0.1) is 59.3 Å². The van der Waals surface area contributed by atoms with Gasteiger partial charge in [-0.05, 0) is 38.0 Å². The Hall–Kier alpha value is -4.17. The van der Waals surface area contributed by atoms with Crippen LogP contribution in [0.2, 0.25) is 0 Å². The van der Waals surface area contributed by atoms with Gasteiger partial charge in [0.2, 0.25) is 0 Å². The molecule has 3 aromatic heterocycles. The fourth-order valence-corrected chi connectivity index (χ4v) is 4.23. The molecule has 0 radical (unpaired) electrons. The number of aromatic nitrogens is 6. The van der Waals surface area contributed by atoms with Crippen molar-refractivity contribution in [3.63, 3.8) is 0 Å². The molecule has 4 aromatic rings. The van der Waals surface area contributed by atoms with Crippen LogP contribution in [-0.2, 0) is 5.54 Å². The zero-order chi connectivity index (χ0) is 21.4. The van der Waals surface area contributed by atoms with Crippen LogP contribution >= 0.6 is 0 Å². The van der Waals surface area contributed by atoms with Crippen LogP contribution in [0.15, 0.2) is 49.1 Å². The lowest BCUT2D eigenvalue weighted by Gasteiger charge is -2.42. The third kappa shape index (κ3) is 3.19. The summed E-state index contributed by atoms with van der Waals surface area (Å²) in [4.78, 5) is 15.0. The molecule has 8 nitrogen and oxygen atoms in total. The summed E-state index contributed by atoms with van der Waals surface area (Å²) in [6.07, 6.45) is 8.38. The van der Waals surface area contributed by atoms with Crippen molar-refractivity contribution in [1.29, 1.82) is 10.5 Å². The third-order valence-corrected chi connectivity index (χ3v) is 5.81. The van der Waals surface area contributed by atoms with Gasteiger partial charge in [0, 0.05) is 28.9 Å². The minimum Gasteiger partial charge on any atom is -0.261 e. The average Bonchev–Trinajstić information content (AvgIpc) is 3.25. The Labute approximate surface area is 178 Å². The predicted molar refractivity (Wildman–Crippen MR) is 113 cm³/mol.